The Balaban J connectivity index is 2.12. The lowest BCUT2D eigenvalue weighted by Gasteiger charge is -2.09. The Morgan fingerprint density at radius 2 is 1.74 bits per heavy atom. The number of carbonyl (C=O) groups is 1. The van der Waals surface area contributed by atoms with Gasteiger partial charge in [-0.3, -0.25) is 0 Å². The predicted molar refractivity (Wildman–Crippen MR) is 89.5 cm³/mol. The minimum atomic E-state index is -0.450. The number of aryl methyl sites for hydroxylation is 2. The van der Waals surface area contributed by atoms with Crippen molar-refractivity contribution in [2.45, 2.75) is 13.8 Å². The molecule has 4 nitrogen and oxygen atoms in total. The van der Waals surface area contributed by atoms with Crippen molar-refractivity contribution in [3.05, 3.63) is 70.3 Å². The number of nitrogens with zero attached hydrogens (tertiary/aromatic N) is 1. The van der Waals surface area contributed by atoms with Gasteiger partial charge < -0.3 is 9.57 Å². The molecule has 4 heteroatoms. The van der Waals surface area contributed by atoms with Crippen molar-refractivity contribution >= 4 is 17.8 Å². The molecule has 3 rings (SSSR count). The Kier molecular flexibility index (Phi) is 3.98. The number of para-hydroxylation sites is 1. The molecule has 0 saturated heterocycles. The molecule has 0 N–H and O–H groups in total. The Hall–Kier alpha value is -2.88. The first-order valence-corrected chi connectivity index (χ1v) is 7.33. The monoisotopic (exact) mass is 307 g/mol. The summed E-state index contributed by atoms with van der Waals surface area (Å²) >= 11 is 0. The zero-order valence-electron chi connectivity index (χ0n) is 13.3. The molecule has 23 heavy (non-hydrogen) atoms. The molecule has 0 bridgehead atoms. The van der Waals surface area contributed by atoms with Crippen LogP contribution in [0.5, 0.6) is 5.75 Å². The van der Waals surface area contributed by atoms with E-state index in [4.69, 9.17) is 9.57 Å². The Morgan fingerprint density at radius 3 is 2.43 bits per heavy atom. The van der Waals surface area contributed by atoms with Crippen molar-refractivity contribution < 1.29 is 14.4 Å². The van der Waals surface area contributed by atoms with E-state index in [0.29, 0.717) is 17.0 Å². The maximum Gasteiger partial charge on any atom is 0.368 e. The highest BCUT2D eigenvalue weighted by Gasteiger charge is 2.29. The first-order valence-electron chi connectivity index (χ1n) is 7.33. The largest absolute Gasteiger partial charge is 0.496 e. The molecule has 0 radical (unpaired) electrons. The number of ether oxygens (including phenoxy) is 1. The second kappa shape index (κ2) is 6.08. The van der Waals surface area contributed by atoms with Gasteiger partial charge in [-0.2, -0.15) is 0 Å². The summed E-state index contributed by atoms with van der Waals surface area (Å²) < 4.78 is 5.36. The van der Waals surface area contributed by atoms with Gasteiger partial charge in [-0.25, -0.2) is 4.79 Å². The average Bonchev–Trinajstić information content (AvgIpc) is 2.91. The number of benzene rings is 2. The van der Waals surface area contributed by atoms with Crippen LogP contribution in [0.25, 0.3) is 6.08 Å². The predicted octanol–water partition coefficient (Wildman–Crippen LogP) is 3.66. The summed E-state index contributed by atoms with van der Waals surface area (Å²) in [5, 5.41) is 3.95. The van der Waals surface area contributed by atoms with E-state index in [2.05, 4.69) is 5.16 Å². The van der Waals surface area contributed by atoms with Gasteiger partial charge in [-0.15, -0.1) is 0 Å². The third-order valence-electron chi connectivity index (χ3n) is 3.89. The van der Waals surface area contributed by atoms with Crippen LogP contribution in [-0.2, 0) is 9.63 Å². The minimum absolute atomic E-state index is 0.437. The van der Waals surface area contributed by atoms with E-state index in [1.54, 1.807) is 7.11 Å². The van der Waals surface area contributed by atoms with Crippen LogP contribution in [0.2, 0.25) is 0 Å². The van der Waals surface area contributed by atoms with Crippen molar-refractivity contribution in [3.8, 4) is 5.75 Å². The van der Waals surface area contributed by atoms with Crippen molar-refractivity contribution in [2.75, 3.05) is 7.11 Å². The van der Waals surface area contributed by atoms with E-state index in [9.17, 15) is 4.79 Å². The fourth-order valence-electron chi connectivity index (χ4n) is 2.64. The van der Waals surface area contributed by atoms with Crippen LogP contribution in [0.15, 0.2) is 53.2 Å². The fraction of sp³-hybridized carbons (Fsp3) is 0.158. The quantitative estimate of drug-likeness (QED) is 0.642. The highest BCUT2D eigenvalue weighted by atomic mass is 16.7. The summed E-state index contributed by atoms with van der Waals surface area (Å²) in [6.07, 6.45) is 1.84. The third-order valence-corrected chi connectivity index (χ3v) is 3.89. The second-order valence-corrected chi connectivity index (χ2v) is 5.38. The number of hydrogen-bond acceptors (Lipinski definition) is 4. The van der Waals surface area contributed by atoms with Crippen LogP contribution in [-0.4, -0.2) is 18.8 Å². The zero-order valence-corrected chi connectivity index (χ0v) is 13.3. The molecule has 0 aromatic heterocycles. The van der Waals surface area contributed by atoms with E-state index >= 15 is 0 Å². The third kappa shape index (κ3) is 2.75. The van der Waals surface area contributed by atoms with Gasteiger partial charge in [0, 0.05) is 5.56 Å². The fourth-order valence-corrected chi connectivity index (χ4v) is 2.64. The molecular formula is C19H17NO3. The molecule has 0 amide bonds. The molecule has 0 saturated carbocycles. The van der Waals surface area contributed by atoms with Crippen molar-refractivity contribution in [1.29, 1.82) is 0 Å². The van der Waals surface area contributed by atoms with Gasteiger partial charge in [0.1, 0.15) is 11.5 Å². The Morgan fingerprint density at radius 1 is 1.04 bits per heavy atom. The van der Waals surface area contributed by atoms with E-state index in [0.717, 1.165) is 22.3 Å². The van der Waals surface area contributed by atoms with Crippen molar-refractivity contribution in [2.24, 2.45) is 5.16 Å². The minimum Gasteiger partial charge on any atom is -0.496 e. The maximum absolute atomic E-state index is 12.1. The number of rotatable bonds is 3. The summed E-state index contributed by atoms with van der Waals surface area (Å²) in [6, 6.07) is 13.5. The van der Waals surface area contributed by atoms with Crippen LogP contribution in [0.3, 0.4) is 0 Å². The molecule has 0 unspecified atom stereocenters. The molecule has 116 valence electrons. The molecule has 2 aromatic rings. The van der Waals surface area contributed by atoms with Crippen molar-refractivity contribution in [3.63, 3.8) is 0 Å². The molecule has 2 aromatic carbocycles. The van der Waals surface area contributed by atoms with Crippen LogP contribution in [0.1, 0.15) is 22.3 Å². The number of hydrogen-bond donors (Lipinski definition) is 0. The maximum atomic E-state index is 12.1. The smallest absolute Gasteiger partial charge is 0.368 e. The standard InChI is InChI=1S/C19H17NO3/c1-12-7-6-8-13(2)15(12)11-16-18(20-23-19(16)21)14-9-4-5-10-17(14)22-3/h4-11H,1-3H3. The molecule has 1 heterocycles. The van der Waals surface area contributed by atoms with Gasteiger partial charge in [0.2, 0.25) is 0 Å². The SMILES string of the molecule is COc1ccccc1C1=NOC(=O)C1=Cc1c(C)cccc1C. The summed E-state index contributed by atoms with van der Waals surface area (Å²) in [5.41, 5.74) is 4.86. The van der Waals surface area contributed by atoms with Gasteiger partial charge in [0.05, 0.1) is 12.7 Å². The molecular weight excluding hydrogens is 290 g/mol. The second-order valence-electron chi connectivity index (χ2n) is 5.38. The topological polar surface area (TPSA) is 47.9 Å². The van der Waals surface area contributed by atoms with Crippen LogP contribution in [0.4, 0.5) is 0 Å². The number of carbonyl (C=O) groups excluding carboxylic acids is 1. The Bertz CT molecular complexity index is 814. The van der Waals surface area contributed by atoms with Gasteiger partial charge in [-0.1, -0.05) is 35.5 Å². The van der Waals surface area contributed by atoms with E-state index in [1.165, 1.54) is 0 Å². The lowest BCUT2D eigenvalue weighted by molar-refractivity contribution is -0.136. The average molecular weight is 307 g/mol. The van der Waals surface area contributed by atoms with Gasteiger partial charge in [0.15, 0.2) is 0 Å². The molecule has 0 spiro atoms. The van der Waals surface area contributed by atoms with Crippen LogP contribution in [0, 0.1) is 13.8 Å². The van der Waals surface area contributed by atoms with Crippen LogP contribution >= 0.6 is 0 Å². The van der Waals surface area contributed by atoms with Crippen molar-refractivity contribution in [1.82, 2.24) is 0 Å². The van der Waals surface area contributed by atoms with E-state index in [1.807, 2.05) is 62.4 Å². The lowest BCUT2D eigenvalue weighted by atomic mass is 9.96. The lowest BCUT2D eigenvalue weighted by Crippen LogP contribution is -2.08. The molecule has 1 aliphatic heterocycles. The summed E-state index contributed by atoms with van der Waals surface area (Å²) in [6.45, 7) is 4.03. The molecule has 0 fully saturated rings. The van der Waals surface area contributed by atoms with Gasteiger partial charge in [0.25, 0.3) is 0 Å². The highest BCUT2D eigenvalue weighted by Crippen LogP contribution is 2.28. The molecule has 1 aliphatic rings. The summed E-state index contributed by atoms with van der Waals surface area (Å²) in [5.74, 6) is 0.200. The van der Waals surface area contributed by atoms with Gasteiger partial charge >= 0.3 is 5.97 Å². The molecule has 0 atom stereocenters. The first-order chi connectivity index (χ1) is 11.1. The first kappa shape index (κ1) is 15.0. The molecule has 0 aliphatic carbocycles. The van der Waals surface area contributed by atoms with Crippen LogP contribution < -0.4 is 4.74 Å². The summed E-state index contributed by atoms with van der Waals surface area (Å²) in [4.78, 5) is 17.0. The van der Waals surface area contributed by atoms with E-state index in [-0.39, 0.29) is 0 Å². The summed E-state index contributed by atoms with van der Waals surface area (Å²) in [7, 11) is 1.59. The zero-order chi connectivity index (χ0) is 16.4. The number of oxime groups is 1. The number of methoxy groups -OCH3 is 1. The Labute approximate surface area is 135 Å². The van der Waals surface area contributed by atoms with E-state index < -0.39 is 5.97 Å². The van der Waals surface area contributed by atoms with Gasteiger partial charge in [-0.05, 0) is 48.7 Å². The normalized spacial score (nSPS) is 15.5. The highest BCUT2D eigenvalue weighted by molar-refractivity contribution is 6.32.